The molecule has 0 aliphatic heterocycles. The highest BCUT2D eigenvalue weighted by Crippen LogP contribution is 2.25. The van der Waals surface area contributed by atoms with Crippen molar-refractivity contribution in [3.8, 4) is 0 Å². The highest BCUT2D eigenvalue weighted by Gasteiger charge is 2.25. The molecule has 0 aromatic heterocycles. The first-order valence-corrected chi connectivity index (χ1v) is 7.08. The Labute approximate surface area is 116 Å². The molecular weight excluding hydrogens is 234 g/mol. The van der Waals surface area contributed by atoms with Gasteiger partial charge in [0.15, 0.2) is 0 Å². The smallest absolute Gasteiger partial charge is 0.226 e. The number of nitrogens with zero attached hydrogens (tertiary/aromatic N) is 1. The van der Waals surface area contributed by atoms with Crippen LogP contribution in [0.2, 0.25) is 0 Å². The van der Waals surface area contributed by atoms with Gasteiger partial charge in [-0.2, -0.15) is 0 Å². The molecule has 1 aromatic carbocycles. The molecule has 0 spiro atoms. The van der Waals surface area contributed by atoms with Crippen molar-refractivity contribution in [2.45, 2.75) is 39.2 Å². The molecule has 2 rings (SSSR count). The predicted octanol–water partition coefficient (Wildman–Crippen LogP) is 3.87. The Balaban J connectivity index is 2.05. The summed E-state index contributed by atoms with van der Waals surface area (Å²) in [5.74, 6) is 0.445. The summed E-state index contributed by atoms with van der Waals surface area (Å²) >= 11 is 0. The molecule has 0 saturated heterocycles. The summed E-state index contributed by atoms with van der Waals surface area (Å²) in [7, 11) is 1.92. The largest absolute Gasteiger partial charge is 0.339 e. The second-order valence-corrected chi connectivity index (χ2v) is 5.52. The van der Waals surface area contributed by atoms with Gasteiger partial charge in [0.05, 0.1) is 6.04 Å². The first kappa shape index (κ1) is 13.9. The van der Waals surface area contributed by atoms with E-state index in [0.29, 0.717) is 0 Å². The zero-order valence-electron chi connectivity index (χ0n) is 12.1. The molecule has 0 bridgehead atoms. The van der Waals surface area contributed by atoms with Crippen molar-refractivity contribution in [2.75, 3.05) is 7.05 Å². The minimum Gasteiger partial charge on any atom is -0.339 e. The van der Waals surface area contributed by atoms with Crippen molar-refractivity contribution in [1.82, 2.24) is 4.90 Å². The maximum atomic E-state index is 12.5. The molecule has 2 heteroatoms. The van der Waals surface area contributed by atoms with Gasteiger partial charge in [-0.1, -0.05) is 42.0 Å². The standard InChI is InChI=1S/C17H23NO/c1-13-9-11-15(12-10-13)14(2)18(3)17(19)16-7-5-4-6-8-16/h4-5,9-12,14,16H,6-8H2,1-3H3. The van der Waals surface area contributed by atoms with E-state index in [4.69, 9.17) is 0 Å². The normalized spacial score (nSPS) is 20.1. The van der Waals surface area contributed by atoms with Gasteiger partial charge in [0.25, 0.3) is 0 Å². The van der Waals surface area contributed by atoms with Crippen molar-refractivity contribution >= 4 is 5.91 Å². The number of benzene rings is 1. The van der Waals surface area contributed by atoms with Gasteiger partial charge in [-0.05, 0) is 38.7 Å². The lowest BCUT2D eigenvalue weighted by Gasteiger charge is -2.30. The summed E-state index contributed by atoms with van der Waals surface area (Å²) in [5.41, 5.74) is 2.45. The Morgan fingerprint density at radius 3 is 2.53 bits per heavy atom. The maximum Gasteiger partial charge on any atom is 0.226 e. The molecule has 1 amide bonds. The fourth-order valence-corrected chi connectivity index (χ4v) is 2.57. The van der Waals surface area contributed by atoms with Crippen LogP contribution >= 0.6 is 0 Å². The van der Waals surface area contributed by atoms with Crippen LogP contribution in [-0.4, -0.2) is 17.9 Å². The van der Waals surface area contributed by atoms with E-state index in [0.717, 1.165) is 19.3 Å². The average molecular weight is 257 g/mol. The zero-order valence-corrected chi connectivity index (χ0v) is 12.1. The van der Waals surface area contributed by atoms with Gasteiger partial charge in [-0.25, -0.2) is 0 Å². The predicted molar refractivity (Wildman–Crippen MR) is 78.8 cm³/mol. The molecule has 0 saturated carbocycles. The lowest BCUT2D eigenvalue weighted by Crippen LogP contribution is -2.35. The first-order chi connectivity index (χ1) is 9.09. The molecule has 2 atom stereocenters. The van der Waals surface area contributed by atoms with Gasteiger partial charge >= 0.3 is 0 Å². The molecule has 0 heterocycles. The fraction of sp³-hybridized carbons (Fsp3) is 0.471. The Morgan fingerprint density at radius 1 is 1.26 bits per heavy atom. The van der Waals surface area contributed by atoms with Crippen LogP contribution in [0.15, 0.2) is 36.4 Å². The van der Waals surface area contributed by atoms with E-state index in [2.05, 4.69) is 50.3 Å². The van der Waals surface area contributed by atoms with E-state index >= 15 is 0 Å². The molecular formula is C17H23NO. The van der Waals surface area contributed by atoms with E-state index in [1.807, 2.05) is 11.9 Å². The van der Waals surface area contributed by atoms with Crippen LogP contribution in [0.3, 0.4) is 0 Å². The third kappa shape index (κ3) is 3.25. The van der Waals surface area contributed by atoms with Gasteiger partial charge in [-0.3, -0.25) is 4.79 Å². The van der Waals surface area contributed by atoms with Gasteiger partial charge in [0.2, 0.25) is 5.91 Å². The molecule has 2 nitrogen and oxygen atoms in total. The van der Waals surface area contributed by atoms with E-state index in [-0.39, 0.29) is 17.9 Å². The molecule has 0 N–H and O–H groups in total. The molecule has 1 aliphatic carbocycles. The fourth-order valence-electron chi connectivity index (χ4n) is 2.57. The summed E-state index contributed by atoms with van der Waals surface area (Å²) in [6.45, 7) is 4.18. The molecule has 0 fully saturated rings. The van der Waals surface area contributed by atoms with Crippen LogP contribution in [-0.2, 0) is 4.79 Å². The third-order valence-corrected chi connectivity index (χ3v) is 4.11. The summed E-state index contributed by atoms with van der Waals surface area (Å²) in [6, 6.07) is 8.58. The van der Waals surface area contributed by atoms with E-state index in [1.54, 1.807) is 0 Å². The summed E-state index contributed by atoms with van der Waals surface area (Å²) in [6.07, 6.45) is 7.22. The minimum absolute atomic E-state index is 0.138. The number of rotatable bonds is 3. The highest BCUT2D eigenvalue weighted by molar-refractivity contribution is 5.79. The highest BCUT2D eigenvalue weighted by atomic mass is 16.2. The Morgan fingerprint density at radius 2 is 1.95 bits per heavy atom. The Hall–Kier alpha value is -1.57. The molecule has 0 radical (unpaired) electrons. The van der Waals surface area contributed by atoms with Crippen molar-refractivity contribution in [2.24, 2.45) is 5.92 Å². The zero-order chi connectivity index (χ0) is 13.8. The number of carbonyl (C=O) groups is 1. The molecule has 1 aliphatic rings. The molecule has 2 unspecified atom stereocenters. The van der Waals surface area contributed by atoms with Gasteiger partial charge in [0, 0.05) is 13.0 Å². The van der Waals surface area contributed by atoms with E-state index < -0.39 is 0 Å². The van der Waals surface area contributed by atoms with Crippen LogP contribution in [0.4, 0.5) is 0 Å². The summed E-state index contributed by atoms with van der Waals surface area (Å²) < 4.78 is 0. The van der Waals surface area contributed by atoms with Gasteiger partial charge in [0.1, 0.15) is 0 Å². The van der Waals surface area contributed by atoms with Gasteiger partial charge < -0.3 is 4.90 Å². The second-order valence-electron chi connectivity index (χ2n) is 5.52. The topological polar surface area (TPSA) is 20.3 Å². The number of allylic oxidation sites excluding steroid dienone is 2. The number of aryl methyl sites for hydroxylation is 1. The first-order valence-electron chi connectivity index (χ1n) is 7.08. The van der Waals surface area contributed by atoms with Gasteiger partial charge in [-0.15, -0.1) is 0 Å². The van der Waals surface area contributed by atoms with E-state index in [1.165, 1.54) is 11.1 Å². The Bertz CT molecular complexity index is 461. The van der Waals surface area contributed by atoms with Crippen LogP contribution in [0, 0.1) is 12.8 Å². The van der Waals surface area contributed by atoms with Crippen molar-refractivity contribution in [3.05, 3.63) is 47.5 Å². The maximum absolute atomic E-state index is 12.5. The molecule has 1 aromatic rings. The van der Waals surface area contributed by atoms with Crippen molar-refractivity contribution in [3.63, 3.8) is 0 Å². The number of hydrogen-bond acceptors (Lipinski definition) is 1. The monoisotopic (exact) mass is 257 g/mol. The number of carbonyl (C=O) groups excluding carboxylic acids is 1. The number of hydrogen-bond donors (Lipinski definition) is 0. The molecule has 19 heavy (non-hydrogen) atoms. The number of amides is 1. The quantitative estimate of drug-likeness (QED) is 0.753. The van der Waals surface area contributed by atoms with E-state index in [9.17, 15) is 4.79 Å². The summed E-state index contributed by atoms with van der Waals surface area (Å²) in [4.78, 5) is 14.4. The Kier molecular flexibility index (Phi) is 4.41. The average Bonchev–Trinajstić information content (AvgIpc) is 2.46. The second kappa shape index (κ2) is 6.05. The minimum atomic E-state index is 0.138. The lowest BCUT2D eigenvalue weighted by molar-refractivity contribution is -0.136. The van der Waals surface area contributed by atoms with Crippen LogP contribution in [0.25, 0.3) is 0 Å². The SMILES string of the molecule is Cc1ccc(C(C)N(C)C(=O)C2CC=CCC2)cc1. The van der Waals surface area contributed by atoms with Crippen molar-refractivity contribution in [1.29, 1.82) is 0 Å². The molecule has 102 valence electrons. The van der Waals surface area contributed by atoms with Crippen LogP contribution < -0.4 is 0 Å². The van der Waals surface area contributed by atoms with Crippen molar-refractivity contribution < 1.29 is 4.79 Å². The summed E-state index contributed by atoms with van der Waals surface area (Å²) in [5, 5.41) is 0. The third-order valence-electron chi connectivity index (χ3n) is 4.11. The lowest BCUT2D eigenvalue weighted by atomic mass is 9.92. The van der Waals surface area contributed by atoms with Crippen LogP contribution in [0.1, 0.15) is 43.4 Å². The van der Waals surface area contributed by atoms with Crippen LogP contribution in [0.5, 0.6) is 0 Å².